The minimum atomic E-state index is 0.495. The van der Waals surface area contributed by atoms with Gasteiger partial charge in [-0.1, -0.05) is 22.9 Å². The van der Waals surface area contributed by atoms with Gasteiger partial charge in [-0.05, 0) is 30.5 Å². The van der Waals surface area contributed by atoms with Crippen molar-refractivity contribution in [3.63, 3.8) is 0 Å². The molecule has 0 spiro atoms. The van der Waals surface area contributed by atoms with Crippen LogP contribution in [0, 0.1) is 0 Å². The van der Waals surface area contributed by atoms with Crippen LogP contribution < -0.4 is 0 Å². The Labute approximate surface area is 91.9 Å². The number of carbonyl (C=O) groups excluding carboxylic acids is 1. The third-order valence-corrected chi connectivity index (χ3v) is 3.35. The lowest BCUT2D eigenvalue weighted by atomic mass is 10.5. The third-order valence-electron chi connectivity index (χ3n) is 1.08. The third kappa shape index (κ3) is 7.86. The van der Waals surface area contributed by atoms with Gasteiger partial charge in [-0.25, -0.2) is 9.79 Å². The first-order valence-electron chi connectivity index (χ1n) is 3.98. The highest BCUT2D eigenvalue weighted by Crippen LogP contribution is 2.30. The van der Waals surface area contributed by atoms with Crippen molar-refractivity contribution in [2.45, 2.75) is 6.92 Å². The number of nitrogens with zero attached hydrogens (tertiary/aromatic N) is 2. The van der Waals surface area contributed by atoms with E-state index in [2.05, 4.69) is 16.7 Å². The molecule has 14 heavy (non-hydrogen) atoms. The normalized spacial score (nSPS) is 11.4. The van der Waals surface area contributed by atoms with Gasteiger partial charge in [-0.2, -0.15) is 0 Å². The van der Waals surface area contributed by atoms with Crippen LogP contribution in [0.15, 0.2) is 33.2 Å². The van der Waals surface area contributed by atoms with Crippen LogP contribution in [0.25, 0.3) is 0 Å². The van der Waals surface area contributed by atoms with Gasteiger partial charge >= 0.3 is 0 Å². The van der Waals surface area contributed by atoms with E-state index < -0.39 is 0 Å². The average Bonchev–Trinajstić information content (AvgIpc) is 2.22. The van der Waals surface area contributed by atoms with Gasteiger partial charge in [0.15, 0.2) is 0 Å². The molecule has 0 bridgehead atoms. The number of hydrogen-bond donors (Lipinski definition) is 0. The van der Waals surface area contributed by atoms with Crippen molar-refractivity contribution in [2.24, 2.45) is 9.98 Å². The minimum Gasteiger partial charge on any atom is -0.257 e. The zero-order valence-corrected chi connectivity index (χ0v) is 9.61. The molecule has 0 aromatic heterocycles. The largest absolute Gasteiger partial charge is 0.257 e. The Balaban J connectivity index is 3.73. The predicted molar refractivity (Wildman–Crippen MR) is 65.5 cm³/mol. The van der Waals surface area contributed by atoms with Crippen molar-refractivity contribution in [3.8, 4) is 0 Å². The molecule has 3 nitrogen and oxygen atoms in total. The minimum absolute atomic E-state index is 0.495. The van der Waals surface area contributed by atoms with E-state index in [0.29, 0.717) is 6.54 Å². The zero-order chi connectivity index (χ0) is 10.6. The zero-order valence-electron chi connectivity index (χ0n) is 7.97. The molecule has 0 heterocycles. The lowest BCUT2D eigenvalue weighted by Gasteiger charge is -1.96. The van der Waals surface area contributed by atoms with E-state index in [9.17, 15) is 4.79 Å². The molecule has 0 saturated heterocycles. The molecule has 0 unspecified atom stereocenters. The van der Waals surface area contributed by atoms with Crippen molar-refractivity contribution in [1.82, 2.24) is 0 Å². The molecule has 0 aliphatic heterocycles. The summed E-state index contributed by atoms with van der Waals surface area (Å²) in [5.41, 5.74) is 0. The van der Waals surface area contributed by atoms with Crippen LogP contribution in [0.5, 0.6) is 0 Å². The number of hydrogen-bond acceptors (Lipinski definition) is 5. The van der Waals surface area contributed by atoms with Crippen LogP contribution in [0.1, 0.15) is 6.92 Å². The maximum Gasteiger partial charge on any atom is 0.234 e. The maximum absolute atomic E-state index is 9.74. The summed E-state index contributed by atoms with van der Waals surface area (Å²) in [6, 6.07) is 0. The molecule has 0 radical (unpaired) electrons. The number of rotatable bonds is 7. The monoisotopic (exact) mass is 228 g/mol. The summed E-state index contributed by atoms with van der Waals surface area (Å²) in [5.74, 6) is 0.766. The summed E-state index contributed by atoms with van der Waals surface area (Å²) in [7, 11) is 3.10. The summed E-state index contributed by atoms with van der Waals surface area (Å²) in [6.07, 6.45) is 7.21. The van der Waals surface area contributed by atoms with Gasteiger partial charge in [0.2, 0.25) is 6.08 Å². The van der Waals surface area contributed by atoms with Crippen LogP contribution in [-0.4, -0.2) is 25.1 Å². The lowest BCUT2D eigenvalue weighted by molar-refractivity contribution is 0.563. The van der Waals surface area contributed by atoms with E-state index in [4.69, 9.17) is 0 Å². The molecule has 0 aromatic carbocycles. The molecule has 0 N–H and O–H groups in total. The summed E-state index contributed by atoms with van der Waals surface area (Å²) in [4.78, 5) is 17.0. The van der Waals surface area contributed by atoms with E-state index in [1.807, 2.05) is 25.2 Å². The Morgan fingerprint density at radius 2 is 2.43 bits per heavy atom. The summed E-state index contributed by atoms with van der Waals surface area (Å²) < 4.78 is 0. The van der Waals surface area contributed by atoms with Gasteiger partial charge in [0.1, 0.15) is 5.03 Å². The SMILES string of the molecule is C=N/C(=C\C=C/C)SSCCN=C=O. The molecule has 0 amide bonds. The number of isocyanates is 1. The van der Waals surface area contributed by atoms with Crippen LogP contribution in [0.2, 0.25) is 0 Å². The van der Waals surface area contributed by atoms with Crippen LogP contribution >= 0.6 is 21.6 Å². The van der Waals surface area contributed by atoms with Crippen LogP contribution in [0.3, 0.4) is 0 Å². The molecule has 0 atom stereocenters. The molecule has 76 valence electrons. The van der Waals surface area contributed by atoms with Crippen LogP contribution in [0.4, 0.5) is 0 Å². The molecule has 0 aliphatic carbocycles. The number of allylic oxidation sites excluding steroid dienone is 3. The molecule has 0 rings (SSSR count). The van der Waals surface area contributed by atoms with Crippen molar-refractivity contribution in [1.29, 1.82) is 0 Å². The summed E-state index contributed by atoms with van der Waals surface area (Å²) in [6.45, 7) is 5.89. The van der Waals surface area contributed by atoms with Crippen molar-refractivity contribution < 1.29 is 4.79 Å². The van der Waals surface area contributed by atoms with E-state index in [0.717, 1.165) is 10.8 Å². The first-order chi connectivity index (χ1) is 6.85. The Hall–Kier alpha value is -0.770. The Morgan fingerprint density at radius 1 is 1.64 bits per heavy atom. The fourth-order valence-corrected chi connectivity index (χ4v) is 2.23. The Kier molecular flexibility index (Phi) is 9.74. The topological polar surface area (TPSA) is 41.8 Å². The maximum atomic E-state index is 9.74. The van der Waals surface area contributed by atoms with Crippen molar-refractivity contribution in [2.75, 3.05) is 12.3 Å². The van der Waals surface area contributed by atoms with E-state index in [1.54, 1.807) is 10.8 Å². The number of aliphatic imine (C=N–C) groups is 2. The predicted octanol–water partition coefficient (Wildman–Crippen LogP) is 2.82. The highest BCUT2D eigenvalue weighted by Gasteiger charge is 1.93. The van der Waals surface area contributed by atoms with E-state index >= 15 is 0 Å². The quantitative estimate of drug-likeness (QED) is 0.221. The van der Waals surface area contributed by atoms with Gasteiger partial charge < -0.3 is 0 Å². The fraction of sp³-hybridized carbons (Fsp3) is 0.333. The highest BCUT2D eigenvalue weighted by molar-refractivity contribution is 8.78. The second-order valence-electron chi connectivity index (χ2n) is 2.07. The fourth-order valence-electron chi connectivity index (χ4n) is 0.516. The molecule has 0 aliphatic rings. The molecule has 0 aromatic rings. The molecular formula is C9H12N2OS2. The molecule has 0 saturated carbocycles. The van der Waals surface area contributed by atoms with Gasteiger partial charge in [-0.3, -0.25) is 4.99 Å². The van der Waals surface area contributed by atoms with Crippen molar-refractivity contribution in [3.05, 3.63) is 23.3 Å². The molecular weight excluding hydrogens is 216 g/mol. The smallest absolute Gasteiger partial charge is 0.234 e. The van der Waals surface area contributed by atoms with Gasteiger partial charge in [0.25, 0.3) is 0 Å². The molecule has 5 heteroatoms. The van der Waals surface area contributed by atoms with Gasteiger partial charge in [0, 0.05) is 5.75 Å². The summed E-state index contributed by atoms with van der Waals surface area (Å²) in [5, 5.41) is 0.850. The highest BCUT2D eigenvalue weighted by atomic mass is 33.1. The Bertz CT molecular complexity index is 268. The first kappa shape index (κ1) is 13.2. The van der Waals surface area contributed by atoms with Gasteiger partial charge in [-0.15, -0.1) is 0 Å². The summed E-state index contributed by atoms with van der Waals surface area (Å²) >= 11 is 0. The average molecular weight is 228 g/mol. The van der Waals surface area contributed by atoms with Crippen molar-refractivity contribution >= 4 is 34.4 Å². The van der Waals surface area contributed by atoms with Gasteiger partial charge in [0.05, 0.1) is 6.54 Å². The second kappa shape index (κ2) is 10.3. The Morgan fingerprint density at radius 3 is 3.00 bits per heavy atom. The second-order valence-corrected chi connectivity index (χ2v) is 4.50. The standard InChI is InChI=1S/C9H12N2OS2/c1-3-4-5-9(10-2)14-13-7-6-11-8-12/h3-5H,2,6-7H2,1H3/b4-3-,9-5+. The van der Waals surface area contributed by atoms with E-state index in [1.165, 1.54) is 16.9 Å². The lowest BCUT2D eigenvalue weighted by Crippen LogP contribution is -1.80. The van der Waals surface area contributed by atoms with Crippen LogP contribution in [-0.2, 0) is 4.79 Å². The first-order valence-corrected chi connectivity index (χ1v) is 6.29. The van der Waals surface area contributed by atoms with E-state index in [-0.39, 0.29) is 0 Å². The molecule has 0 fully saturated rings.